The summed E-state index contributed by atoms with van der Waals surface area (Å²) in [5, 5.41) is 7.05. The van der Waals surface area contributed by atoms with Gasteiger partial charge in [0.2, 0.25) is 0 Å². The predicted molar refractivity (Wildman–Crippen MR) is 84.9 cm³/mol. The van der Waals surface area contributed by atoms with Crippen LogP contribution in [-0.2, 0) is 0 Å². The molecule has 1 N–H and O–H groups in total. The van der Waals surface area contributed by atoms with E-state index in [1.54, 1.807) is 0 Å². The molecule has 1 aromatic heterocycles. The zero-order valence-corrected chi connectivity index (χ0v) is 13.2. The predicted octanol–water partition coefficient (Wildman–Crippen LogP) is 3.97. The van der Waals surface area contributed by atoms with Crippen LogP contribution in [0, 0.1) is 20.8 Å². The van der Waals surface area contributed by atoms with Crippen molar-refractivity contribution in [3.63, 3.8) is 0 Å². The third-order valence-corrected chi connectivity index (χ3v) is 4.26. The first kappa shape index (κ1) is 14.6. The van der Waals surface area contributed by atoms with Crippen molar-refractivity contribution in [2.24, 2.45) is 0 Å². The Morgan fingerprint density at radius 3 is 2.77 bits per heavy atom. The molecular weight excluding hydrogens is 278 g/mol. The number of hydrogen-bond donors (Lipinski definition) is 1. The van der Waals surface area contributed by atoms with Crippen molar-refractivity contribution in [3.05, 3.63) is 46.8 Å². The summed E-state index contributed by atoms with van der Waals surface area (Å²) >= 11 is 0. The van der Waals surface area contributed by atoms with Gasteiger partial charge in [-0.3, -0.25) is 0 Å². The van der Waals surface area contributed by atoms with Gasteiger partial charge in [0.1, 0.15) is 11.5 Å². The lowest BCUT2D eigenvalue weighted by Gasteiger charge is -2.23. The topological polar surface area (TPSA) is 58.4 Å². The molecule has 1 atom stereocenters. The molecule has 2 aromatic rings. The van der Waals surface area contributed by atoms with E-state index in [-0.39, 0.29) is 12.1 Å². The zero-order valence-electron chi connectivity index (χ0n) is 13.2. The molecule has 0 aliphatic carbocycles. The molecule has 1 aliphatic rings. The molecule has 116 valence electrons. The molecule has 2 amide bonds. The molecule has 1 fully saturated rings. The molecule has 1 unspecified atom stereocenters. The first-order valence-electron chi connectivity index (χ1n) is 7.62. The summed E-state index contributed by atoms with van der Waals surface area (Å²) in [5.74, 6) is 0.774. The molecule has 0 radical (unpaired) electrons. The molecule has 1 aromatic carbocycles. The van der Waals surface area contributed by atoms with Crippen LogP contribution in [0.1, 0.15) is 41.5 Å². The van der Waals surface area contributed by atoms with Gasteiger partial charge in [0.05, 0.1) is 6.04 Å². The molecular formula is C17H21N3O2. The second kappa shape index (κ2) is 5.83. The highest BCUT2D eigenvalue weighted by atomic mass is 16.5. The minimum atomic E-state index is -0.0774. The molecule has 0 saturated carbocycles. The highest BCUT2D eigenvalue weighted by molar-refractivity contribution is 5.90. The van der Waals surface area contributed by atoms with Gasteiger partial charge in [0, 0.05) is 18.3 Å². The standard InChI is InChI=1S/C17H21N3O2/c1-11-6-7-14(9-12(11)2)18-17(21)20-8-4-5-16(20)15-10-13(3)22-19-15/h6-7,9-10,16H,4-5,8H2,1-3H3,(H,18,21). The first-order valence-corrected chi connectivity index (χ1v) is 7.62. The van der Waals surface area contributed by atoms with Crippen LogP contribution in [0.15, 0.2) is 28.8 Å². The SMILES string of the molecule is Cc1cc(C2CCCN2C(=O)Nc2ccc(C)c(C)c2)no1. The lowest BCUT2D eigenvalue weighted by atomic mass is 10.1. The maximum atomic E-state index is 12.6. The average Bonchev–Trinajstić information content (AvgIpc) is 3.11. The number of aromatic nitrogens is 1. The van der Waals surface area contributed by atoms with E-state index >= 15 is 0 Å². The molecule has 1 saturated heterocycles. The number of carbonyl (C=O) groups is 1. The molecule has 5 nitrogen and oxygen atoms in total. The fraction of sp³-hybridized carbons (Fsp3) is 0.412. The summed E-state index contributed by atoms with van der Waals surface area (Å²) in [5.41, 5.74) is 4.05. The molecule has 1 aliphatic heterocycles. The maximum absolute atomic E-state index is 12.6. The van der Waals surface area contributed by atoms with E-state index in [1.807, 2.05) is 43.0 Å². The normalized spacial score (nSPS) is 17.8. The van der Waals surface area contributed by atoms with Gasteiger partial charge in [-0.05, 0) is 56.9 Å². The number of benzene rings is 1. The third-order valence-electron chi connectivity index (χ3n) is 4.26. The van der Waals surface area contributed by atoms with Gasteiger partial charge in [-0.25, -0.2) is 4.79 Å². The van der Waals surface area contributed by atoms with Gasteiger partial charge >= 0.3 is 6.03 Å². The van der Waals surface area contributed by atoms with Crippen LogP contribution in [0.3, 0.4) is 0 Å². The number of nitrogens with zero attached hydrogens (tertiary/aromatic N) is 2. The largest absolute Gasteiger partial charge is 0.361 e. The molecule has 5 heteroatoms. The lowest BCUT2D eigenvalue weighted by Crippen LogP contribution is -2.34. The molecule has 22 heavy (non-hydrogen) atoms. The minimum absolute atomic E-state index is 0.00370. The Morgan fingerprint density at radius 1 is 1.27 bits per heavy atom. The number of hydrogen-bond acceptors (Lipinski definition) is 3. The molecule has 3 rings (SSSR count). The Morgan fingerprint density at radius 2 is 2.09 bits per heavy atom. The van der Waals surface area contributed by atoms with Crippen molar-refractivity contribution < 1.29 is 9.32 Å². The molecule has 0 bridgehead atoms. The smallest absolute Gasteiger partial charge is 0.322 e. The van der Waals surface area contributed by atoms with Crippen LogP contribution in [0.5, 0.6) is 0 Å². The number of carbonyl (C=O) groups excluding carboxylic acids is 1. The number of amides is 2. The van der Waals surface area contributed by atoms with Crippen molar-refractivity contribution in [2.45, 2.75) is 39.7 Å². The van der Waals surface area contributed by atoms with E-state index < -0.39 is 0 Å². The quantitative estimate of drug-likeness (QED) is 0.912. The number of urea groups is 1. The second-order valence-corrected chi connectivity index (χ2v) is 5.94. The Bertz CT molecular complexity index is 693. The van der Waals surface area contributed by atoms with Crippen LogP contribution in [0.25, 0.3) is 0 Å². The van der Waals surface area contributed by atoms with E-state index in [4.69, 9.17) is 4.52 Å². The number of nitrogens with one attached hydrogen (secondary N) is 1. The number of rotatable bonds is 2. The van der Waals surface area contributed by atoms with Crippen molar-refractivity contribution in [2.75, 3.05) is 11.9 Å². The van der Waals surface area contributed by atoms with Gasteiger partial charge in [0.25, 0.3) is 0 Å². The Labute approximate surface area is 130 Å². The van der Waals surface area contributed by atoms with Crippen molar-refractivity contribution in [3.8, 4) is 0 Å². The van der Waals surface area contributed by atoms with Crippen LogP contribution in [0.2, 0.25) is 0 Å². The van der Waals surface area contributed by atoms with Gasteiger partial charge in [0.15, 0.2) is 0 Å². The van der Waals surface area contributed by atoms with Gasteiger partial charge in [-0.15, -0.1) is 0 Å². The fourth-order valence-electron chi connectivity index (χ4n) is 2.87. The van der Waals surface area contributed by atoms with Crippen molar-refractivity contribution in [1.82, 2.24) is 10.1 Å². The Hall–Kier alpha value is -2.30. The highest BCUT2D eigenvalue weighted by Crippen LogP contribution is 2.32. The van der Waals surface area contributed by atoms with Crippen LogP contribution in [-0.4, -0.2) is 22.6 Å². The summed E-state index contributed by atoms with van der Waals surface area (Å²) in [4.78, 5) is 14.4. The fourth-order valence-corrected chi connectivity index (χ4v) is 2.87. The number of anilines is 1. The third kappa shape index (κ3) is 2.84. The molecule has 2 heterocycles. The monoisotopic (exact) mass is 299 g/mol. The van der Waals surface area contributed by atoms with Crippen LogP contribution >= 0.6 is 0 Å². The summed E-state index contributed by atoms with van der Waals surface area (Å²) in [6.45, 7) is 6.71. The second-order valence-electron chi connectivity index (χ2n) is 5.94. The lowest BCUT2D eigenvalue weighted by molar-refractivity contribution is 0.204. The van der Waals surface area contributed by atoms with Crippen LogP contribution in [0.4, 0.5) is 10.5 Å². The number of aryl methyl sites for hydroxylation is 3. The minimum Gasteiger partial charge on any atom is -0.361 e. The van der Waals surface area contributed by atoms with Gasteiger partial charge in [-0.2, -0.15) is 0 Å². The Kier molecular flexibility index (Phi) is 3.88. The zero-order chi connectivity index (χ0) is 15.7. The van der Waals surface area contributed by atoms with Crippen LogP contribution < -0.4 is 5.32 Å². The van der Waals surface area contributed by atoms with E-state index in [9.17, 15) is 4.79 Å². The molecule has 0 spiro atoms. The highest BCUT2D eigenvalue weighted by Gasteiger charge is 2.32. The summed E-state index contributed by atoms with van der Waals surface area (Å²) in [7, 11) is 0. The maximum Gasteiger partial charge on any atom is 0.322 e. The summed E-state index contributed by atoms with van der Waals surface area (Å²) < 4.78 is 5.14. The van der Waals surface area contributed by atoms with Crippen molar-refractivity contribution in [1.29, 1.82) is 0 Å². The Balaban J connectivity index is 1.74. The van der Waals surface area contributed by atoms with E-state index in [0.29, 0.717) is 0 Å². The van der Waals surface area contributed by atoms with E-state index in [0.717, 1.165) is 36.5 Å². The summed E-state index contributed by atoms with van der Waals surface area (Å²) in [6.07, 6.45) is 1.91. The van der Waals surface area contributed by atoms with E-state index in [2.05, 4.69) is 17.4 Å². The number of likely N-dealkylation sites (tertiary alicyclic amines) is 1. The van der Waals surface area contributed by atoms with Crippen molar-refractivity contribution >= 4 is 11.7 Å². The summed E-state index contributed by atoms with van der Waals surface area (Å²) in [6, 6.07) is 7.79. The van der Waals surface area contributed by atoms with E-state index in [1.165, 1.54) is 11.1 Å². The van der Waals surface area contributed by atoms with Gasteiger partial charge in [-0.1, -0.05) is 11.2 Å². The van der Waals surface area contributed by atoms with Gasteiger partial charge < -0.3 is 14.7 Å². The average molecular weight is 299 g/mol. The first-order chi connectivity index (χ1) is 10.5.